The van der Waals surface area contributed by atoms with Gasteiger partial charge >= 0.3 is 5.97 Å². The van der Waals surface area contributed by atoms with E-state index in [-0.39, 0.29) is 11.7 Å². The Morgan fingerprint density at radius 3 is 2.40 bits per heavy atom. The number of phenols is 1. The first kappa shape index (κ1) is 14.2. The molecule has 6 heteroatoms. The van der Waals surface area contributed by atoms with Crippen LogP contribution in [0.15, 0.2) is 18.2 Å². The lowest BCUT2D eigenvalue weighted by molar-refractivity contribution is -0.140. The summed E-state index contributed by atoms with van der Waals surface area (Å²) < 4.78 is 4.91. The number of carboxylic acid groups (broad SMARTS) is 1. The van der Waals surface area contributed by atoms with Crippen LogP contribution in [0.4, 0.5) is 5.69 Å². The zero-order valence-corrected chi connectivity index (χ0v) is 11.5. The van der Waals surface area contributed by atoms with Gasteiger partial charge in [-0.1, -0.05) is 13.8 Å². The molecule has 0 bridgehead atoms. The van der Waals surface area contributed by atoms with Crippen LogP contribution in [0.3, 0.4) is 0 Å². The van der Waals surface area contributed by atoms with E-state index in [1.54, 1.807) is 19.9 Å². The first-order valence-corrected chi connectivity index (χ1v) is 6.19. The predicted molar refractivity (Wildman–Crippen MR) is 71.7 cm³/mol. The zero-order chi connectivity index (χ0) is 15.1. The van der Waals surface area contributed by atoms with Crippen molar-refractivity contribution in [2.45, 2.75) is 13.8 Å². The Kier molecular flexibility index (Phi) is 3.33. The van der Waals surface area contributed by atoms with Crippen molar-refractivity contribution in [2.75, 3.05) is 12.4 Å². The van der Waals surface area contributed by atoms with Gasteiger partial charge in [0.2, 0.25) is 5.91 Å². The lowest BCUT2D eigenvalue weighted by atomic mass is 10.1. The number of ether oxygens (including phenoxy) is 1. The van der Waals surface area contributed by atoms with E-state index >= 15 is 0 Å². The number of benzene rings is 1. The van der Waals surface area contributed by atoms with Gasteiger partial charge in [-0.3, -0.25) is 9.59 Å². The first-order chi connectivity index (χ1) is 9.28. The molecule has 1 fully saturated rings. The summed E-state index contributed by atoms with van der Waals surface area (Å²) in [6, 6.07) is 4.47. The molecule has 1 aromatic rings. The highest BCUT2D eigenvalue weighted by Gasteiger charge is 2.65. The van der Waals surface area contributed by atoms with Crippen LogP contribution < -0.4 is 10.1 Å². The monoisotopic (exact) mass is 279 g/mol. The van der Waals surface area contributed by atoms with Gasteiger partial charge in [0.05, 0.1) is 18.9 Å². The van der Waals surface area contributed by atoms with Crippen LogP contribution in [-0.2, 0) is 9.59 Å². The van der Waals surface area contributed by atoms with E-state index in [0.717, 1.165) is 0 Å². The van der Waals surface area contributed by atoms with Crippen LogP contribution in [0, 0.1) is 17.3 Å². The van der Waals surface area contributed by atoms with Gasteiger partial charge in [0.1, 0.15) is 0 Å². The highest BCUT2D eigenvalue weighted by molar-refractivity contribution is 5.99. The van der Waals surface area contributed by atoms with E-state index in [0.29, 0.717) is 11.4 Å². The van der Waals surface area contributed by atoms with Crippen molar-refractivity contribution in [3.63, 3.8) is 0 Å². The SMILES string of the molecule is COc1ccc(NC(=O)C2C(C(=O)O)C2(C)C)cc1O. The number of rotatable bonds is 4. The van der Waals surface area contributed by atoms with E-state index in [9.17, 15) is 14.7 Å². The number of carbonyl (C=O) groups is 2. The fourth-order valence-corrected chi connectivity index (χ4v) is 2.58. The van der Waals surface area contributed by atoms with Gasteiger partial charge < -0.3 is 20.3 Å². The van der Waals surface area contributed by atoms with Crippen molar-refractivity contribution in [2.24, 2.45) is 17.3 Å². The number of hydrogen-bond acceptors (Lipinski definition) is 4. The lowest BCUT2D eigenvalue weighted by Crippen LogP contribution is -2.17. The summed E-state index contributed by atoms with van der Waals surface area (Å²) in [5, 5.41) is 21.3. The van der Waals surface area contributed by atoms with Gasteiger partial charge in [-0.05, 0) is 17.5 Å². The molecule has 0 heterocycles. The minimum atomic E-state index is -0.965. The summed E-state index contributed by atoms with van der Waals surface area (Å²) in [6.45, 7) is 3.50. The molecule has 108 valence electrons. The predicted octanol–water partition coefficient (Wildman–Crippen LogP) is 1.70. The summed E-state index contributed by atoms with van der Waals surface area (Å²) in [6.07, 6.45) is 0. The molecular weight excluding hydrogens is 262 g/mol. The highest BCUT2D eigenvalue weighted by Crippen LogP contribution is 2.58. The van der Waals surface area contributed by atoms with Gasteiger partial charge in [0, 0.05) is 11.8 Å². The largest absolute Gasteiger partial charge is 0.504 e. The number of hydrogen-bond donors (Lipinski definition) is 3. The summed E-state index contributed by atoms with van der Waals surface area (Å²) in [5.74, 6) is -2.34. The Hall–Kier alpha value is -2.24. The van der Waals surface area contributed by atoms with E-state index in [1.165, 1.54) is 19.2 Å². The Labute approximate surface area is 116 Å². The minimum Gasteiger partial charge on any atom is -0.504 e. The molecule has 1 saturated carbocycles. The van der Waals surface area contributed by atoms with Gasteiger partial charge in [0.15, 0.2) is 11.5 Å². The normalized spacial score (nSPS) is 22.9. The molecule has 1 aliphatic carbocycles. The van der Waals surface area contributed by atoms with Crippen LogP contribution in [0.25, 0.3) is 0 Å². The van der Waals surface area contributed by atoms with Gasteiger partial charge in [-0.25, -0.2) is 0 Å². The molecule has 3 N–H and O–H groups in total. The number of methoxy groups -OCH3 is 1. The van der Waals surface area contributed by atoms with Crippen molar-refractivity contribution >= 4 is 17.6 Å². The lowest BCUT2D eigenvalue weighted by Gasteiger charge is -2.08. The molecule has 2 unspecified atom stereocenters. The van der Waals surface area contributed by atoms with Crippen LogP contribution in [0.5, 0.6) is 11.5 Å². The number of aliphatic carboxylic acids is 1. The molecule has 0 aliphatic heterocycles. The van der Waals surface area contributed by atoms with Crippen molar-refractivity contribution < 1.29 is 24.5 Å². The Morgan fingerprint density at radius 2 is 1.95 bits per heavy atom. The fourth-order valence-electron chi connectivity index (χ4n) is 2.58. The molecule has 0 saturated heterocycles. The maximum atomic E-state index is 12.1. The number of phenolic OH excluding ortho intramolecular Hbond substituents is 1. The number of carbonyl (C=O) groups excluding carboxylic acids is 1. The van der Waals surface area contributed by atoms with E-state index < -0.39 is 23.2 Å². The summed E-state index contributed by atoms with van der Waals surface area (Å²) >= 11 is 0. The standard InChI is InChI=1S/C14H17NO5/c1-14(2)10(11(14)13(18)19)12(17)15-7-4-5-9(20-3)8(16)6-7/h4-6,10-11,16H,1-3H3,(H,15,17)(H,18,19). The van der Waals surface area contributed by atoms with Crippen LogP contribution in [0.2, 0.25) is 0 Å². The van der Waals surface area contributed by atoms with Crippen molar-refractivity contribution in [3.05, 3.63) is 18.2 Å². The average Bonchev–Trinajstić information content (AvgIpc) is 2.93. The number of aromatic hydroxyl groups is 1. The molecule has 1 aliphatic rings. The maximum absolute atomic E-state index is 12.1. The average molecular weight is 279 g/mol. The molecule has 2 rings (SSSR count). The molecule has 0 spiro atoms. The second-order valence-electron chi connectivity index (χ2n) is 5.49. The summed E-state index contributed by atoms with van der Waals surface area (Å²) in [5.41, 5.74) is -0.148. The highest BCUT2D eigenvalue weighted by atomic mass is 16.5. The van der Waals surface area contributed by atoms with Crippen molar-refractivity contribution in [3.8, 4) is 11.5 Å². The molecular formula is C14H17NO5. The van der Waals surface area contributed by atoms with Crippen LogP contribution in [-0.4, -0.2) is 29.2 Å². The molecule has 1 amide bonds. The number of anilines is 1. The molecule has 20 heavy (non-hydrogen) atoms. The quantitative estimate of drug-likeness (QED) is 0.779. The third-order valence-electron chi connectivity index (χ3n) is 3.82. The Morgan fingerprint density at radius 1 is 1.30 bits per heavy atom. The number of carboxylic acids is 1. The molecule has 0 aromatic heterocycles. The number of amides is 1. The number of nitrogens with one attached hydrogen (secondary N) is 1. The summed E-state index contributed by atoms with van der Waals surface area (Å²) in [7, 11) is 1.43. The van der Waals surface area contributed by atoms with Gasteiger partial charge in [-0.15, -0.1) is 0 Å². The molecule has 6 nitrogen and oxygen atoms in total. The third kappa shape index (κ3) is 2.29. The van der Waals surface area contributed by atoms with E-state index in [1.807, 2.05) is 0 Å². The van der Waals surface area contributed by atoms with Crippen molar-refractivity contribution in [1.29, 1.82) is 0 Å². The third-order valence-corrected chi connectivity index (χ3v) is 3.82. The first-order valence-electron chi connectivity index (χ1n) is 6.19. The minimum absolute atomic E-state index is 0.0878. The van der Waals surface area contributed by atoms with Crippen molar-refractivity contribution in [1.82, 2.24) is 0 Å². The van der Waals surface area contributed by atoms with Gasteiger partial charge in [0.25, 0.3) is 0 Å². The van der Waals surface area contributed by atoms with E-state index in [2.05, 4.69) is 5.32 Å². The second kappa shape index (κ2) is 4.70. The van der Waals surface area contributed by atoms with Gasteiger partial charge in [-0.2, -0.15) is 0 Å². The van der Waals surface area contributed by atoms with Crippen LogP contribution in [0.1, 0.15) is 13.8 Å². The molecule has 1 aromatic carbocycles. The Balaban J connectivity index is 2.10. The van der Waals surface area contributed by atoms with E-state index in [4.69, 9.17) is 9.84 Å². The smallest absolute Gasteiger partial charge is 0.307 e. The fraction of sp³-hybridized carbons (Fsp3) is 0.429. The second-order valence-corrected chi connectivity index (χ2v) is 5.49. The molecule has 0 radical (unpaired) electrons. The summed E-state index contributed by atoms with van der Waals surface area (Å²) in [4.78, 5) is 23.1. The van der Waals surface area contributed by atoms with Crippen LogP contribution >= 0.6 is 0 Å². The zero-order valence-electron chi connectivity index (χ0n) is 11.5. The molecule has 2 atom stereocenters. The topological polar surface area (TPSA) is 95.9 Å². The maximum Gasteiger partial charge on any atom is 0.307 e. The Bertz CT molecular complexity index is 567.